The van der Waals surface area contributed by atoms with E-state index in [9.17, 15) is 24.8 Å². The van der Waals surface area contributed by atoms with Gasteiger partial charge in [0.25, 0.3) is 17.5 Å². The average molecular weight is 400 g/mol. The molecular formula is C19H16N2O8. The number of imide groups is 1. The summed E-state index contributed by atoms with van der Waals surface area (Å²) in [5, 5.41) is 21.0. The van der Waals surface area contributed by atoms with E-state index in [2.05, 4.69) is 0 Å². The lowest BCUT2D eigenvalue weighted by atomic mass is 10.1. The summed E-state index contributed by atoms with van der Waals surface area (Å²) in [5.74, 6) is -0.00958. The summed E-state index contributed by atoms with van der Waals surface area (Å²) >= 11 is 0. The van der Waals surface area contributed by atoms with Gasteiger partial charge in [0.2, 0.25) is 6.79 Å². The first kappa shape index (κ1) is 18.8. The molecule has 10 nitrogen and oxygen atoms in total. The Morgan fingerprint density at radius 3 is 2.66 bits per heavy atom. The molecule has 10 heteroatoms. The molecule has 150 valence electrons. The van der Waals surface area contributed by atoms with E-state index in [1.165, 1.54) is 12.1 Å². The Balaban J connectivity index is 1.33. The largest absolute Gasteiger partial charge is 0.454 e. The van der Waals surface area contributed by atoms with Crippen molar-refractivity contribution < 1.29 is 33.8 Å². The Labute approximate surface area is 164 Å². The van der Waals surface area contributed by atoms with Crippen LogP contribution in [0.5, 0.6) is 11.5 Å². The first-order valence-corrected chi connectivity index (χ1v) is 8.73. The summed E-state index contributed by atoms with van der Waals surface area (Å²) in [4.78, 5) is 35.9. The molecule has 0 spiro atoms. The zero-order chi connectivity index (χ0) is 20.5. The molecule has 2 aromatic carbocycles. The molecule has 1 N–H and O–H groups in total. The van der Waals surface area contributed by atoms with Gasteiger partial charge in [-0.2, -0.15) is 0 Å². The minimum atomic E-state index is -1.11. The maximum atomic E-state index is 12.4. The van der Waals surface area contributed by atoms with Crippen LogP contribution in [0.1, 0.15) is 26.3 Å². The smallest absolute Gasteiger partial charge is 0.270 e. The fourth-order valence-electron chi connectivity index (χ4n) is 3.17. The summed E-state index contributed by atoms with van der Waals surface area (Å²) < 4.78 is 16.0. The second kappa shape index (κ2) is 7.49. The standard InChI is InChI=1S/C19H16N2O8/c22-13(9-27-8-11-1-4-16-17(5-11)29-10-28-16)7-20-18(23)14-3-2-12(21(25)26)6-15(14)19(20)24/h1-6,13,22H,7-10H2/t13-/m1/s1. The van der Waals surface area contributed by atoms with Gasteiger partial charge in [0, 0.05) is 12.1 Å². The van der Waals surface area contributed by atoms with Gasteiger partial charge in [-0.15, -0.1) is 0 Å². The number of amides is 2. The van der Waals surface area contributed by atoms with Crippen molar-refractivity contribution in [1.29, 1.82) is 0 Å². The zero-order valence-electron chi connectivity index (χ0n) is 15.1. The minimum Gasteiger partial charge on any atom is -0.454 e. The number of hydrogen-bond donors (Lipinski definition) is 1. The van der Waals surface area contributed by atoms with E-state index in [0.29, 0.717) is 11.5 Å². The fourth-order valence-corrected chi connectivity index (χ4v) is 3.17. The molecule has 4 rings (SSSR count). The van der Waals surface area contributed by atoms with E-state index in [1.54, 1.807) is 18.2 Å². The van der Waals surface area contributed by atoms with Gasteiger partial charge in [-0.05, 0) is 23.8 Å². The SMILES string of the molecule is O=C1c2ccc([N+](=O)[O-])cc2C(=O)N1C[C@@H](O)COCc1ccc2c(c1)OCO2. The van der Waals surface area contributed by atoms with E-state index in [4.69, 9.17) is 14.2 Å². The van der Waals surface area contributed by atoms with Crippen molar-refractivity contribution in [2.45, 2.75) is 12.7 Å². The predicted octanol–water partition coefficient (Wildman–Crippen LogP) is 1.50. The van der Waals surface area contributed by atoms with Crippen molar-refractivity contribution in [3.8, 4) is 11.5 Å². The van der Waals surface area contributed by atoms with Crippen molar-refractivity contribution >= 4 is 17.5 Å². The Hall–Kier alpha value is -3.50. The van der Waals surface area contributed by atoms with Gasteiger partial charge in [-0.3, -0.25) is 24.6 Å². The monoisotopic (exact) mass is 400 g/mol. The van der Waals surface area contributed by atoms with Crippen molar-refractivity contribution in [3.05, 3.63) is 63.2 Å². The van der Waals surface area contributed by atoms with Crippen LogP contribution in [0.3, 0.4) is 0 Å². The molecule has 0 saturated heterocycles. The van der Waals surface area contributed by atoms with Crippen LogP contribution in [0.25, 0.3) is 0 Å². The summed E-state index contributed by atoms with van der Waals surface area (Å²) in [6.07, 6.45) is -1.11. The first-order chi connectivity index (χ1) is 13.9. The molecule has 1 atom stereocenters. The number of β-amino-alcohol motifs (C(OH)–C–C–N with tert-alkyl or cyclic N) is 1. The van der Waals surface area contributed by atoms with Gasteiger partial charge in [-0.1, -0.05) is 6.07 Å². The van der Waals surface area contributed by atoms with Crippen molar-refractivity contribution in [1.82, 2.24) is 4.90 Å². The molecule has 0 saturated carbocycles. The Morgan fingerprint density at radius 1 is 1.10 bits per heavy atom. The minimum absolute atomic E-state index is 0.0438. The molecule has 2 heterocycles. The number of nitrogens with zero attached hydrogens (tertiary/aromatic N) is 2. The third-order valence-electron chi connectivity index (χ3n) is 4.57. The van der Waals surface area contributed by atoms with Crippen LogP contribution >= 0.6 is 0 Å². The summed E-state index contributed by atoms with van der Waals surface area (Å²) in [7, 11) is 0. The number of aliphatic hydroxyl groups excluding tert-OH is 1. The lowest BCUT2D eigenvalue weighted by Crippen LogP contribution is -2.38. The number of rotatable bonds is 7. The Morgan fingerprint density at radius 2 is 1.86 bits per heavy atom. The maximum absolute atomic E-state index is 12.4. The van der Waals surface area contributed by atoms with E-state index >= 15 is 0 Å². The van der Waals surface area contributed by atoms with Crippen molar-refractivity contribution in [2.75, 3.05) is 19.9 Å². The molecule has 0 unspecified atom stereocenters. The summed E-state index contributed by atoms with van der Waals surface area (Å²) in [6, 6.07) is 8.81. The molecule has 0 aliphatic carbocycles. The van der Waals surface area contributed by atoms with Gasteiger partial charge in [-0.25, -0.2) is 0 Å². The molecule has 0 bridgehead atoms. The summed E-state index contributed by atoms with van der Waals surface area (Å²) in [6.45, 7) is -0.0207. The van der Waals surface area contributed by atoms with Crippen molar-refractivity contribution in [3.63, 3.8) is 0 Å². The predicted molar refractivity (Wildman–Crippen MR) is 96.7 cm³/mol. The molecule has 0 radical (unpaired) electrons. The van der Waals surface area contributed by atoms with Crippen molar-refractivity contribution in [2.24, 2.45) is 0 Å². The lowest BCUT2D eigenvalue weighted by Gasteiger charge is -2.18. The van der Waals surface area contributed by atoms with Gasteiger partial charge in [0.05, 0.1) is 41.9 Å². The summed E-state index contributed by atoms with van der Waals surface area (Å²) in [5.41, 5.74) is 0.570. The number of nitro benzene ring substituents is 1. The number of fused-ring (bicyclic) bond motifs is 2. The number of non-ortho nitro benzene ring substituents is 1. The average Bonchev–Trinajstić information content (AvgIpc) is 3.26. The van der Waals surface area contributed by atoms with Gasteiger partial charge in [0.1, 0.15) is 0 Å². The van der Waals surface area contributed by atoms with E-state index in [-0.39, 0.29) is 43.4 Å². The van der Waals surface area contributed by atoms with E-state index in [1.807, 2.05) is 0 Å². The second-order valence-electron chi connectivity index (χ2n) is 6.56. The maximum Gasteiger partial charge on any atom is 0.270 e. The van der Waals surface area contributed by atoms with E-state index in [0.717, 1.165) is 16.5 Å². The number of carbonyl (C=O) groups excluding carboxylic acids is 2. The number of benzene rings is 2. The molecule has 2 amide bonds. The molecule has 29 heavy (non-hydrogen) atoms. The highest BCUT2D eigenvalue weighted by Crippen LogP contribution is 2.32. The van der Waals surface area contributed by atoms with E-state index < -0.39 is 22.8 Å². The van der Waals surface area contributed by atoms with Gasteiger partial charge < -0.3 is 19.3 Å². The molecule has 2 aromatic rings. The van der Waals surface area contributed by atoms with Crippen LogP contribution in [0, 0.1) is 10.1 Å². The van der Waals surface area contributed by atoms with Crippen LogP contribution in [-0.4, -0.2) is 52.8 Å². The normalized spacial score (nSPS) is 15.6. The topological polar surface area (TPSA) is 128 Å². The van der Waals surface area contributed by atoms with Crippen LogP contribution in [0.15, 0.2) is 36.4 Å². The van der Waals surface area contributed by atoms with Gasteiger partial charge in [0.15, 0.2) is 11.5 Å². The fraction of sp³-hybridized carbons (Fsp3) is 0.263. The number of hydrogen-bond acceptors (Lipinski definition) is 8. The highest BCUT2D eigenvalue weighted by Gasteiger charge is 2.37. The molecule has 2 aliphatic rings. The molecule has 0 aromatic heterocycles. The van der Waals surface area contributed by atoms with Crippen LogP contribution in [-0.2, 0) is 11.3 Å². The second-order valence-corrected chi connectivity index (χ2v) is 6.56. The highest BCUT2D eigenvalue weighted by atomic mass is 16.7. The number of nitro groups is 1. The van der Waals surface area contributed by atoms with Crippen LogP contribution in [0.2, 0.25) is 0 Å². The zero-order valence-corrected chi connectivity index (χ0v) is 15.1. The Kier molecular flexibility index (Phi) is 4.87. The molecule has 0 fully saturated rings. The quantitative estimate of drug-likeness (QED) is 0.421. The molecule has 2 aliphatic heterocycles. The third kappa shape index (κ3) is 3.62. The number of aliphatic hydroxyl groups is 1. The first-order valence-electron chi connectivity index (χ1n) is 8.73. The Bertz CT molecular complexity index is 1010. The number of carbonyl (C=O) groups is 2. The molecular weight excluding hydrogens is 384 g/mol. The third-order valence-corrected chi connectivity index (χ3v) is 4.57. The van der Waals surface area contributed by atoms with Crippen LogP contribution < -0.4 is 9.47 Å². The lowest BCUT2D eigenvalue weighted by molar-refractivity contribution is -0.384. The highest BCUT2D eigenvalue weighted by molar-refractivity contribution is 6.21. The van der Waals surface area contributed by atoms with Gasteiger partial charge >= 0.3 is 0 Å². The number of ether oxygens (including phenoxy) is 3. The van der Waals surface area contributed by atoms with Crippen LogP contribution in [0.4, 0.5) is 5.69 Å².